The molecule has 1 amide bonds. The van der Waals surface area contributed by atoms with E-state index >= 15 is 0 Å². The van der Waals surface area contributed by atoms with E-state index in [9.17, 15) is 9.18 Å². The first-order chi connectivity index (χ1) is 6.89. The molecule has 3 nitrogen and oxygen atoms in total. The highest BCUT2D eigenvalue weighted by molar-refractivity contribution is 5.68. The molecule has 0 aliphatic heterocycles. The van der Waals surface area contributed by atoms with E-state index in [-0.39, 0.29) is 0 Å². The summed E-state index contributed by atoms with van der Waals surface area (Å²) in [7, 11) is 0. The molecule has 0 saturated heterocycles. The minimum Gasteiger partial charge on any atom is -0.444 e. The van der Waals surface area contributed by atoms with Crippen LogP contribution in [0, 0.1) is 12.3 Å². The molecule has 0 aliphatic carbocycles. The van der Waals surface area contributed by atoms with E-state index in [4.69, 9.17) is 11.2 Å². The van der Waals surface area contributed by atoms with Crippen LogP contribution in [-0.4, -0.2) is 24.4 Å². The van der Waals surface area contributed by atoms with Crippen LogP contribution in [0.15, 0.2) is 0 Å². The van der Waals surface area contributed by atoms with Gasteiger partial charge in [-0.3, -0.25) is 0 Å². The van der Waals surface area contributed by atoms with Crippen LogP contribution >= 0.6 is 0 Å². The van der Waals surface area contributed by atoms with E-state index in [1.54, 1.807) is 20.8 Å². The summed E-state index contributed by atoms with van der Waals surface area (Å²) in [6.45, 7) is 4.61. The molecule has 1 atom stereocenters. The Morgan fingerprint density at radius 1 is 1.60 bits per heavy atom. The van der Waals surface area contributed by atoms with Gasteiger partial charge in [0.2, 0.25) is 0 Å². The minimum atomic E-state index is -0.638. The molecule has 0 spiro atoms. The number of alkyl halides is 1. The fourth-order valence-corrected chi connectivity index (χ4v) is 0.920. The van der Waals surface area contributed by atoms with Gasteiger partial charge in [-0.1, -0.05) is 0 Å². The van der Waals surface area contributed by atoms with Crippen LogP contribution in [0.5, 0.6) is 0 Å². The van der Waals surface area contributed by atoms with Crippen LogP contribution in [0.4, 0.5) is 9.18 Å². The second-order valence-corrected chi connectivity index (χ2v) is 4.24. The Morgan fingerprint density at radius 2 is 2.20 bits per heavy atom. The van der Waals surface area contributed by atoms with E-state index in [2.05, 4.69) is 11.2 Å². The number of carbonyl (C=O) groups excluding carboxylic acids is 1. The maximum atomic E-state index is 12.4. The number of hydrogen-bond acceptors (Lipinski definition) is 2. The second-order valence-electron chi connectivity index (χ2n) is 4.24. The Balaban J connectivity index is 3.97. The van der Waals surface area contributed by atoms with Crippen LogP contribution in [-0.2, 0) is 4.74 Å². The first kappa shape index (κ1) is 13.8. The molecule has 0 bridgehead atoms. The third kappa shape index (κ3) is 7.80. The summed E-state index contributed by atoms with van der Waals surface area (Å²) in [5.74, 6) is 2.40. The number of alkyl carbamates (subject to hydrolysis) is 1. The third-order valence-electron chi connectivity index (χ3n) is 1.54. The number of ether oxygens (including phenoxy) is 1. The van der Waals surface area contributed by atoms with Crippen molar-refractivity contribution in [1.29, 1.82) is 0 Å². The van der Waals surface area contributed by atoms with E-state index in [1.807, 2.05) is 0 Å². The predicted octanol–water partition coefficient (Wildman–Crippen LogP) is 2.26. The Labute approximate surface area is 90.4 Å². The zero-order valence-electron chi connectivity index (χ0n) is 9.47. The van der Waals surface area contributed by atoms with Gasteiger partial charge in [0.15, 0.2) is 0 Å². The molecular weight excluding hydrogens is 197 g/mol. The van der Waals surface area contributed by atoms with Gasteiger partial charge in [0.05, 0.1) is 6.04 Å². The van der Waals surface area contributed by atoms with Crippen LogP contribution in [0.2, 0.25) is 0 Å². The van der Waals surface area contributed by atoms with E-state index < -0.39 is 24.4 Å². The fraction of sp³-hybridized carbons (Fsp3) is 0.727. The lowest BCUT2D eigenvalue weighted by Gasteiger charge is -2.22. The van der Waals surface area contributed by atoms with Crippen molar-refractivity contribution in [1.82, 2.24) is 5.32 Å². The summed E-state index contributed by atoms with van der Waals surface area (Å²) in [4.78, 5) is 11.2. The molecule has 0 aromatic carbocycles. The van der Waals surface area contributed by atoms with Gasteiger partial charge < -0.3 is 10.1 Å². The van der Waals surface area contributed by atoms with Gasteiger partial charge in [-0.25, -0.2) is 9.18 Å². The van der Waals surface area contributed by atoms with Crippen LogP contribution < -0.4 is 5.32 Å². The molecule has 0 radical (unpaired) electrons. The normalized spacial score (nSPS) is 12.7. The highest BCUT2D eigenvalue weighted by atomic mass is 19.1. The maximum absolute atomic E-state index is 12.4. The number of amides is 1. The summed E-state index contributed by atoms with van der Waals surface area (Å²) < 4.78 is 17.4. The lowest BCUT2D eigenvalue weighted by atomic mass is 10.2. The van der Waals surface area contributed by atoms with E-state index in [0.717, 1.165) is 0 Å². The smallest absolute Gasteiger partial charge is 0.407 e. The van der Waals surface area contributed by atoms with Crippen molar-refractivity contribution >= 4 is 6.09 Å². The number of terminal acetylenes is 1. The molecule has 1 unspecified atom stereocenters. The van der Waals surface area contributed by atoms with Gasteiger partial charge in [-0.05, 0) is 27.2 Å². The van der Waals surface area contributed by atoms with Crippen molar-refractivity contribution in [3.05, 3.63) is 0 Å². The standard InChI is InChI=1S/C11H18FNO2/c1-5-6-7-9(8-12)13-10(14)15-11(2,3)4/h1,9H,6-8H2,2-4H3,(H,13,14). The van der Waals surface area contributed by atoms with Gasteiger partial charge >= 0.3 is 6.09 Å². The molecule has 0 fully saturated rings. The van der Waals surface area contributed by atoms with Crippen molar-refractivity contribution in [2.75, 3.05) is 6.67 Å². The van der Waals surface area contributed by atoms with Gasteiger partial charge in [0.1, 0.15) is 12.3 Å². The first-order valence-corrected chi connectivity index (χ1v) is 4.88. The summed E-state index contributed by atoms with van der Waals surface area (Å²) in [6.07, 6.45) is 5.30. The van der Waals surface area contributed by atoms with Crippen molar-refractivity contribution in [3.63, 3.8) is 0 Å². The Morgan fingerprint density at radius 3 is 2.60 bits per heavy atom. The van der Waals surface area contributed by atoms with E-state index in [0.29, 0.717) is 12.8 Å². The van der Waals surface area contributed by atoms with Crippen LogP contribution in [0.25, 0.3) is 0 Å². The Bertz CT molecular complexity index is 240. The van der Waals surface area contributed by atoms with Crippen molar-refractivity contribution < 1.29 is 13.9 Å². The average Bonchev–Trinajstić information content (AvgIpc) is 2.09. The van der Waals surface area contributed by atoms with Crippen LogP contribution in [0.1, 0.15) is 33.6 Å². The van der Waals surface area contributed by atoms with Gasteiger partial charge in [-0.2, -0.15) is 0 Å². The lowest BCUT2D eigenvalue weighted by molar-refractivity contribution is 0.0494. The Hall–Kier alpha value is -1.24. The molecule has 0 aliphatic rings. The molecular formula is C11H18FNO2. The molecule has 86 valence electrons. The lowest BCUT2D eigenvalue weighted by Crippen LogP contribution is -2.40. The number of hydrogen-bond donors (Lipinski definition) is 1. The highest BCUT2D eigenvalue weighted by Crippen LogP contribution is 2.07. The number of nitrogens with one attached hydrogen (secondary N) is 1. The largest absolute Gasteiger partial charge is 0.444 e. The molecule has 4 heteroatoms. The fourth-order valence-electron chi connectivity index (χ4n) is 0.920. The van der Waals surface area contributed by atoms with Crippen molar-refractivity contribution in [2.45, 2.75) is 45.3 Å². The molecule has 0 aromatic heterocycles. The predicted molar refractivity (Wildman–Crippen MR) is 57.2 cm³/mol. The van der Waals surface area contributed by atoms with E-state index in [1.165, 1.54) is 0 Å². The molecule has 0 saturated carbocycles. The summed E-state index contributed by atoms with van der Waals surface area (Å²) in [6, 6.07) is -0.559. The quantitative estimate of drug-likeness (QED) is 0.730. The second kappa shape index (κ2) is 6.28. The average molecular weight is 215 g/mol. The molecule has 0 heterocycles. The van der Waals surface area contributed by atoms with Crippen LogP contribution in [0.3, 0.4) is 0 Å². The monoisotopic (exact) mass is 215 g/mol. The number of halogens is 1. The van der Waals surface area contributed by atoms with Gasteiger partial charge in [0.25, 0.3) is 0 Å². The SMILES string of the molecule is C#CCCC(CF)NC(=O)OC(C)(C)C. The number of rotatable bonds is 4. The summed E-state index contributed by atoms with van der Waals surface area (Å²) in [5, 5.41) is 2.43. The van der Waals surface area contributed by atoms with Gasteiger partial charge in [0, 0.05) is 6.42 Å². The molecule has 0 aromatic rings. The summed E-state index contributed by atoms with van der Waals surface area (Å²) in [5.41, 5.74) is -0.572. The maximum Gasteiger partial charge on any atom is 0.407 e. The van der Waals surface area contributed by atoms with Crippen molar-refractivity contribution in [3.8, 4) is 12.3 Å². The topological polar surface area (TPSA) is 38.3 Å². The Kier molecular flexibility index (Phi) is 5.76. The first-order valence-electron chi connectivity index (χ1n) is 4.88. The molecule has 15 heavy (non-hydrogen) atoms. The minimum absolute atomic E-state index is 0.423. The molecule has 0 rings (SSSR count). The van der Waals surface area contributed by atoms with Crippen molar-refractivity contribution in [2.24, 2.45) is 0 Å². The highest BCUT2D eigenvalue weighted by Gasteiger charge is 2.18. The third-order valence-corrected chi connectivity index (χ3v) is 1.54. The number of carbonyl (C=O) groups is 1. The molecule has 1 N–H and O–H groups in total. The van der Waals surface area contributed by atoms with Gasteiger partial charge in [-0.15, -0.1) is 12.3 Å². The zero-order valence-corrected chi connectivity index (χ0v) is 9.47. The summed E-state index contributed by atoms with van der Waals surface area (Å²) >= 11 is 0. The zero-order chi connectivity index (χ0) is 11.9.